The zero-order valence-electron chi connectivity index (χ0n) is 12.3. The van der Waals surface area contributed by atoms with E-state index in [0.29, 0.717) is 0 Å². The van der Waals surface area contributed by atoms with E-state index in [-0.39, 0.29) is 0 Å². The van der Waals surface area contributed by atoms with E-state index in [9.17, 15) is 0 Å². The summed E-state index contributed by atoms with van der Waals surface area (Å²) in [5, 5.41) is 14.0. The number of piperidine rings is 1. The van der Waals surface area contributed by atoms with Gasteiger partial charge >= 0.3 is 0 Å². The first-order chi connectivity index (χ1) is 9.85. The summed E-state index contributed by atoms with van der Waals surface area (Å²) in [6, 6.07) is 0.781. The summed E-state index contributed by atoms with van der Waals surface area (Å²) >= 11 is 1.71. The van der Waals surface area contributed by atoms with Crippen LogP contribution in [0.25, 0.3) is 0 Å². The molecule has 0 aliphatic carbocycles. The van der Waals surface area contributed by atoms with Crippen LogP contribution in [0.5, 0.6) is 0 Å². The number of hydrogen-bond acceptors (Lipinski definition) is 6. The van der Waals surface area contributed by atoms with Gasteiger partial charge in [0.1, 0.15) is 5.01 Å². The maximum Gasteiger partial charge on any atom is 0.205 e. The molecule has 1 aromatic rings. The molecule has 0 saturated carbocycles. The van der Waals surface area contributed by atoms with E-state index in [1.165, 1.54) is 45.4 Å². The van der Waals surface area contributed by atoms with Crippen LogP contribution in [0.15, 0.2) is 0 Å². The smallest absolute Gasteiger partial charge is 0.205 e. The summed E-state index contributed by atoms with van der Waals surface area (Å²) in [4.78, 5) is 5.23. The van der Waals surface area contributed by atoms with E-state index < -0.39 is 0 Å². The molecular formula is C14H25N5S. The lowest BCUT2D eigenvalue weighted by atomic mass is 9.99. The van der Waals surface area contributed by atoms with Gasteiger partial charge in [-0.1, -0.05) is 24.7 Å². The summed E-state index contributed by atoms with van der Waals surface area (Å²) in [6.07, 6.45) is 5.28. The first kappa shape index (κ1) is 14.2. The molecule has 2 fully saturated rings. The van der Waals surface area contributed by atoms with Crippen molar-refractivity contribution in [3.8, 4) is 0 Å². The summed E-state index contributed by atoms with van der Waals surface area (Å²) in [6.45, 7) is 9.03. The topological polar surface area (TPSA) is 44.3 Å². The monoisotopic (exact) mass is 295 g/mol. The summed E-state index contributed by atoms with van der Waals surface area (Å²) in [5.41, 5.74) is 0. The highest BCUT2D eigenvalue weighted by Gasteiger charge is 2.29. The van der Waals surface area contributed by atoms with Crippen molar-refractivity contribution in [1.29, 1.82) is 0 Å². The van der Waals surface area contributed by atoms with Crippen molar-refractivity contribution in [3.05, 3.63) is 5.01 Å². The number of fused-ring (bicyclic) bond motifs is 1. The van der Waals surface area contributed by atoms with Crippen molar-refractivity contribution in [2.45, 2.75) is 45.2 Å². The van der Waals surface area contributed by atoms with Crippen LogP contribution >= 0.6 is 11.3 Å². The fourth-order valence-electron chi connectivity index (χ4n) is 3.18. The Hall–Kier alpha value is -0.720. The molecule has 1 unspecified atom stereocenters. The zero-order valence-corrected chi connectivity index (χ0v) is 13.2. The molecule has 2 aliphatic rings. The van der Waals surface area contributed by atoms with Gasteiger partial charge in [-0.3, -0.25) is 9.80 Å². The molecule has 0 spiro atoms. The van der Waals surface area contributed by atoms with E-state index in [2.05, 4.69) is 32.2 Å². The predicted molar refractivity (Wildman–Crippen MR) is 83.2 cm³/mol. The van der Waals surface area contributed by atoms with E-state index >= 15 is 0 Å². The molecule has 1 N–H and O–H groups in total. The molecule has 20 heavy (non-hydrogen) atoms. The molecule has 3 rings (SSSR count). The highest BCUT2D eigenvalue weighted by atomic mass is 32.1. The zero-order chi connectivity index (χ0) is 13.8. The van der Waals surface area contributed by atoms with Gasteiger partial charge < -0.3 is 5.32 Å². The number of piperazine rings is 1. The second-order valence-electron chi connectivity index (χ2n) is 5.85. The summed E-state index contributed by atoms with van der Waals surface area (Å²) < 4.78 is 0. The molecule has 112 valence electrons. The van der Waals surface area contributed by atoms with Crippen LogP contribution in [0.4, 0.5) is 5.13 Å². The SMILES string of the molecule is CCCNc1nnc(CN2CCN3CCCCC3C2)s1. The lowest BCUT2D eigenvalue weighted by Gasteiger charge is -2.43. The first-order valence-electron chi connectivity index (χ1n) is 7.88. The second-order valence-corrected chi connectivity index (χ2v) is 6.91. The Morgan fingerprint density at radius 2 is 2.20 bits per heavy atom. The highest BCUT2D eigenvalue weighted by molar-refractivity contribution is 7.15. The van der Waals surface area contributed by atoms with Crippen molar-refractivity contribution in [3.63, 3.8) is 0 Å². The predicted octanol–water partition coefficient (Wildman–Crippen LogP) is 2.03. The van der Waals surface area contributed by atoms with E-state index in [0.717, 1.165) is 35.7 Å². The molecule has 3 heterocycles. The highest BCUT2D eigenvalue weighted by Crippen LogP contribution is 2.23. The number of rotatable bonds is 5. The number of aromatic nitrogens is 2. The lowest BCUT2D eigenvalue weighted by molar-refractivity contribution is 0.0455. The molecule has 0 radical (unpaired) electrons. The van der Waals surface area contributed by atoms with E-state index in [1.54, 1.807) is 11.3 Å². The third kappa shape index (κ3) is 3.48. The van der Waals surface area contributed by atoms with Crippen LogP contribution < -0.4 is 5.32 Å². The number of nitrogens with zero attached hydrogens (tertiary/aromatic N) is 4. The second kappa shape index (κ2) is 6.83. The molecule has 6 heteroatoms. The minimum atomic E-state index is 0.781. The molecule has 0 amide bonds. The standard InChI is InChI=1S/C14H25N5S/c1-2-6-15-14-17-16-13(20-14)11-18-8-9-19-7-4-3-5-12(19)10-18/h12H,2-11H2,1H3,(H,15,17). The summed E-state index contributed by atoms with van der Waals surface area (Å²) in [7, 11) is 0. The van der Waals surface area contributed by atoms with Crippen LogP contribution in [-0.4, -0.2) is 58.8 Å². The van der Waals surface area contributed by atoms with Gasteiger partial charge in [0.15, 0.2) is 0 Å². The maximum atomic E-state index is 4.32. The van der Waals surface area contributed by atoms with Gasteiger partial charge in [0.2, 0.25) is 5.13 Å². The average molecular weight is 295 g/mol. The Labute approximate surface area is 125 Å². The minimum absolute atomic E-state index is 0.781. The minimum Gasteiger partial charge on any atom is -0.360 e. The van der Waals surface area contributed by atoms with Gasteiger partial charge in [0.05, 0.1) is 6.54 Å². The number of anilines is 1. The summed E-state index contributed by atoms with van der Waals surface area (Å²) in [5.74, 6) is 0. The van der Waals surface area contributed by atoms with E-state index in [4.69, 9.17) is 0 Å². The Kier molecular flexibility index (Phi) is 4.86. The van der Waals surface area contributed by atoms with Crippen molar-refractivity contribution in [2.24, 2.45) is 0 Å². The maximum absolute atomic E-state index is 4.32. The van der Waals surface area contributed by atoms with Crippen LogP contribution in [0.3, 0.4) is 0 Å². The van der Waals surface area contributed by atoms with Gasteiger partial charge in [-0.15, -0.1) is 10.2 Å². The van der Waals surface area contributed by atoms with Crippen molar-refractivity contribution in [2.75, 3.05) is 38.0 Å². The molecule has 2 saturated heterocycles. The quantitative estimate of drug-likeness (QED) is 0.900. The van der Waals surface area contributed by atoms with Crippen LogP contribution in [0.1, 0.15) is 37.6 Å². The van der Waals surface area contributed by atoms with Gasteiger partial charge in [-0.2, -0.15) is 0 Å². The van der Waals surface area contributed by atoms with Crippen molar-refractivity contribution in [1.82, 2.24) is 20.0 Å². The number of hydrogen-bond donors (Lipinski definition) is 1. The Bertz CT molecular complexity index is 421. The van der Waals surface area contributed by atoms with Gasteiger partial charge in [0, 0.05) is 32.2 Å². The molecule has 0 bridgehead atoms. The third-order valence-electron chi connectivity index (χ3n) is 4.27. The van der Waals surface area contributed by atoms with Crippen LogP contribution in [0.2, 0.25) is 0 Å². The Morgan fingerprint density at radius 3 is 3.10 bits per heavy atom. The Morgan fingerprint density at radius 1 is 1.25 bits per heavy atom. The third-order valence-corrected chi connectivity index (χ3v) is 5.14. The van der Waals surface area contributed by atoms with Gasteiger partial charge in [0.25, 0.3) is 0 Å². The van der Waals surface area contributed by atoms with Crippen LogP contribution in [-0.2, 0) is 6.54 Å². The molecule has 2 aliphatic heterocycles. The molecule has 0 aromatic carbocycles. The fraction of sp³-hybridized carbons (Fsp3) is 0.857. The fourth-order valence-corrected chi connectivity index (χ4v) is 3.98. The normalized spacial score (nSPS) is 24.6. The number of nitrogens with one attached hydrogen (secondary N) is 1. The average Bonchev–Trinajstić information content (AvgIpc) is 2.92. The lowest BCUT2D eigenvalue weighted by Crippen LogP contribution is -2.54. The molecule has 1 atom stereocenters. The Balaban J connectivity index is 1.51. The molecule has 1 aromatic heterocycles. The molecular weight excluding hydrogens is 270 g/mol. The van der Waals surface area contributed by atoms with Crippen molar-refractivity contribution >= 4 is 16.5 Å². The largest absolute Gasteiger partial charge is 0.360 e. The van der Waals surface area contributed by atoms with Crippen LogP contribution in [0, 0.1) is 0 Å². The van der Waals surface area contributed by atoms with Gasteiger partial charge in [-0.05, 0) is 25.8 Å². The molecule has 5 nitrogen and oxygen atoms in total. The first-order valence-corrected chi connectivity index (χ1v) is 8.69. The van der Waals surface area contributed by atoms with Crippen molar-refractivity contribution < 1.29 is 0 Å². The van der Waals surface area contributed by atoms with E-state index in [1.807, 2.05) is 0 Å². The van der Waals surface area contributed by atoms with Gasteiger partial charge in [-0.25, -0.2) is 0 Å².